The second-order valence-corrected chi connectivity index (χ2v) is 4.63. The molecule has 1 heterocycles. The lowest BCUT2D eigenvalue weighted by atomic mass is 10.1. The van der Waals surface area contributed by atoms with E-state index < -0.39 is 5.82 Å². The molecule has 0 saturated carbocycles. The molecule has 84 valence electrons. The van der Waals surface area contributed by atoms with Crippen molar-refractivity contribution in [2.24, 2.45) is 5.92 Å². The molecule has 0 aliphatic carbocycles. The molecule has 3 nitrogen and oxygen atoms in total. The van der Waals surface area contributed by atoms with Gasteiger partial charge in [-0.05, 0) is 34.1 Å². The fourth-order valence-corrected chi connectivity index (χ4v) is 2.05. The Labute approximate surface area is 100 Å². The molecule has 2 amide bonds. The number of rotatable bonds is 1. The Morgan fingerprint density at radius 2 is 2.12 bits per heavy atom. The third-order valence-corrected chi connectivity index (χ3v) is 3.14. The van der Waals surface area contributed by atoms with Crippen LogP contribution in [-0.2, 0) is 9.59 Å². The van der Waals surface area contributed by atoms with E-state index in [2.05, 4.69) is 15.9 Å². The van der Waals surface area contributed by atoms with Crippen LogP contribution in [0, 0.1) is 11.7 Å². The minimum atomic E-state index is -0.420. The molecule has 1 aromatic carbocycles. The zero-order chi connectivity index (χ0) is 11.9. The quantitative estimate of drug-likeness (QED) is 0.744. The van der Waals surface area contributed by atoms with Crippen LogP contribution in [0.25, 0.3) is 0 Å². The molecule has 1 atom stereocenters. The maximum absolute atomic E-state index is 13.0. The van der Waals surface area contributed by atoms with Crippen molar-refractivity contribution in [2.45, 2.75) is 13.3 Å². The summed E-state index contributed by atoms with van der Waals surface area (Å²) in [6.45, 7) is 1.71. The van der Waals surface area contributed by atoms with Gasteiger partial charge in [0, 0.05) is 12.3 Å². The van der Waals surface area contributed by atoms with Crippen molar-refractivity contribution >= 4 is 33.4 Å². The average Bonchev–Trinajstić information content (AvgIpc) is 2.47. The summed E-state index contributed by atoms with van der Waals surface area (Å²) in [5, 5.41) is 0. The van der Waals surface area contributed by atoms with Crippen LogP contribution in [0.5, 0.6) is 0 Å². The standard InChI is InChI=1S/C11H9BrFNO2/c1-6-4-10(15)14(11(6)16)7-2-3-9(13)8(12)5-7/h2-3,5-6H,4H2,1H3. The second kappa shape index (κ2) is 3.97. The zero-order valence-electron chi connectivity index (χ0n) is 8.54. The normalized spacial score (nSPS) is 20.7. The van der Waals surface area contributed by atoms with Crippen LogP contribution in [0.2, 0.25) is 0 Å². The van der Waals surface area contributed by atoms with Gasteiger partial charge in [0.25, 0.3) is 0 Å². The smallest absolute Gasteiger partial charge is 0.237 e. The third kappa shape index (κ3) is 1.75. The van der Waals surface area contributed by atoms with Crippen molar-refractivity contribution in [1.29, 1.82) is 0 Å². The van der Waals surface area contributed by atoms with E-state index in [0.29, 0.717) is 5.69 Å². The number of hydrogen-bond donors (Lipinski definition) is 0. The average molecular weight is 286 g/mol. The molecule has 0 spiro atoms. The zero-order valence-corrected chi connectivity index (χ0v) is 10.1. The van der Waals surface area contributed by atoms with Crippen LogP contribution in [0.4, 0.5) is 10.1 Å². The van der Waals surface area contributed by atoms with Crippen molar-refractivity contribution in [3.8, 4) is 0 Å². The molecule has 16 heavy (non-hydrogen) atoms. The van der Waals surface area contributed by atoms with E-state index in [1.54, 1.807) is 6.92 Å². The van der Waals surface area contributed by atoms with Crippen molar-refractivity contribution in [3.05, 3.63) is 28.5 Å². The molecular formula is C11H9BrFNO2. The summed E-state index contributed by atoms with van der Waals surface area (Å²) in [4.78, 5) is 24.4. The van der Waals surface area contributed by atoms with Gasteiger partial charge in [0.15, 0.2) is 0 Å². The summed E-state index contributed by atoms with van der Waals surface area (Å²) < 4.78 is 13.3. The number of benzene rings is 1. The molecule has 1 aliphatic heterocycles. The van der Waals surface area contributed by atoms with E-state index in [1.807, 2.05) is 0 Å². The number of nitrogens with zero attached hydrogens (tertiary/aromatic N) is 1. The Hall–Kier alpha value is -1.23. The molecule has 1 aromatic rings. The highest BCUT2D eigenvalue weighted by Crippen LogP contribution is 2.29. The van der Waals surface area contributed by atoms with Gasteiger partial charge >= 0.3 is 0 Å². The first-order valence-electron chi connectivity index (χ1n) is 4.82. The number of carbonyl (C=O) groups excluding carboxylic acids is 2. The van der Waals surface area contributed by atoms with Gasteiger partial charge in [0.2, 0.25) is 11.8 Å². The highest BCUT2D eigenvalue weighted by Gasteiger charge is 2.36. The lowest BCUT2D eigenvalue weighted by Crippen LogP contribution is -2.29. The number of anilines is 1. The first kappa shape index (κ1) is 11.3. The number of imide groups is 1. The predicted octanol–water partition coefficient (Wildman–Crippen LogP) is 2.49. The van der Waals surface area contributed by atoms with Crippen LogP contribution in [0.3, 0.4) is 0 Å². The van der Waals surface area contributed by atoms with E-state index in [0.717, 1.165) is 4.90 Å². The van der Waals surface area contributed by atoms with Gasteiger partial charge in [0.05, 0.1) is 10.2 Å². The van der Waals surface area contributed by atoms with Crippen LogP contribution >= 0.6 is 15.9 Å². The van der Waals surface area contributed by atoms with Gasteiger partial charge in [-0.15, -0.1) is 0 Å². The molecule has 0 N–H and O–H groups in total. The maximum Gasteiger partial charge on any atom is 0.237 e. The topological polar surface area (TPSA) is 37.4 Å². The van der Waals surface area contributed by atoms with Crippen LogP contribution < -0.4 is 4.90 Å². The minimum Gasteiger partial charge on any atom is -0.274 e. The van der Waals surface area contributed by atoms with Crippen LogP contribution in [0.15, 0.2) is 22.7 Å². The Kier molecular flexibility index (Phi) is 2.80. The Balaban J connectivity index is 2.41. The largest absolute Gasteiger partial charge is 0.274 e. The highest BCUT2D eigenvalue weighted by atomic mass is 79.9. The van der Waals surface area contributed by atoms with Gasteiger partial charge in [-0.3, -0.25) is 14.5 Å². The third-order valence-electron chi connectivity index (χ3n) is 2.53. The molecule has 1 aliphatic rings. The van der Waals surface area contributed by atoms with Gasteiger partial charge in [-0.2, -0.15) is 0 Å². The van der Waals surface area contributed by atoms with E-state index in [9.17, 15) is 14.0 Å². The summed E-state index contributed by atoms with van der Waals surface area (Å²) in [6, 6.07) is 4.08. The summed E-state index contributed by atoms with van der Waals surface area (Å²) in [6.07, 6.45) is 0.216. The fourth-order valence-electron chi connectivity index (χ4n) is 1.68. The van der Waals surface area contributed by atoms with E-state index in [1.165, 1.54) is 18.2 Å². The first-order chi connectivity index (χ1) is 7.50. The summed E-state index contributed by atoms with van der Waals surface area (Å²) >= 11 is 3.02. The molecule has 1 fully saturated rings. The van der Waals surface area contributed by atoms with Gasteiger partial charge in [-0.25, -0.2) is 4.39 Å². The monoisotopic (exact) mass is 285 g/mol. The number of amides is 2. The van der Waals surface area contributed by atoms with E-state index in [4.69, 9.17) is 0 Å². The first-order valence-corrected chi connectivity index (χ1v) is 5.62. The Morgan fingerprint density at radius 3 is 2.62 bits per heavy atom. The molecular weight excluding hydrogens is 277 g/mol. The molecule has 0 aromatic heterocycles. The maximum atomic E-state index is 13.0. The molecule has 1 saturated heterocycles. The lowest BCUT2D eigenvalue weighted by molar-refractivity contribution is -0.122. The molecule has 0 bridgehead atoms. The van der Waals surface area contributed by atoms with Crippen molar-refractivity contribution in [1.82, 2.24) is 0 Å². The Bertz CT molecular complexity index is 475. The van der Waals surface area contributed by atoms with Crippen molar-refractivity contribution < 1.29 is 14.0 Å². The van der Waals surface area contributed by atoms with Crippen LogP contribution in [-0.4, -0.2) is 11.8 Å². The summed E-state index contributed by atoms with van der Waals surface area (Å²) in [7, 11) is 0. The minimum absolute atomic E-state index is 0.216. The number of hydrogen-bond acceptors (Lipinski definition) is 2. The van der Waals surface area contributed by atoms with E-state index >= 15 is 0 Å². The highest BCUT2D eigenvalue weighted by molar-refractivity contribution is 9.10. The van der Waals surface area contributed by atoms with Crippen molar-refractivity contribution in [3.63, 3.8) is 0 Å². The lowest BCUT2D eigenvalue weighted by Gasteiger charge is -2.14. The van der Waals surface area contributed by atoms with Gasteiger partial charge in [0.1, 0.15) is 5.82 Å². The molecule has 2 rings (SSSR count). The number of carbonyl (C=O) groups is 2. The Morgan fingerprint density at radius 1 is 1.44 bits per heavy atom. The van der Waals surface area contributed by atoms with E-state index in [-0.39, 0.29) is 28.6 Å². The van der Waals surface area contributed by atoms with Crippen LogP contribution in [0.1, 0.15) is 13.3 Å². The summed E-state index contributed by atoms with van der Waals surface area (Å²) in [5.41, 5.74) is 0.410. The summed E-state index contributed by atoms with van der Waals surface area (Å²) in [5.74, 6) is -1.19. The number of halogens is 2. The van der Waals surface area contributed by atoms with Crippen molar-refractivity contribution in [2.75, 3.05) is 4.90 Å². The fraction of sp³-hybridized carbons (Fsp3) is 0.273. The van der Waals surface area contributed by atoms with Gasteiger partial charge in [-0.1, -0.05) is 6.92 Å². The predicted molar refractivity (Wildman–Crippen MR) is 60.4 cm³/mol. The van der Waals surface area contributed by atoms with Gasteiger partial charge < -0.3 is 0 Å². The molecule has 1 unspecified atom stereocenters. The second-order valence-electron chi connectivity index (χ2n) is 3.77. The SMILES string of the molecule is CC1CC(=O)N(c2ccc(F)c(Br)c2)C1=O. The molecule has 5 heteroatoms. The molecule has 0 radical (unpaired) electrons.